The number of ether oxygens (including phenoxy) is 2. The number of pyridine rings is 1. The third-order valence-electron chi connectivity index (χ3n) is 2.21. The maximum Gasteiger partial charge on any atom is 0.340 e. The molecule has 0 aliphatic heterocycles. The van der Waals surface area contributed by atoms with Crippen LogP contribution in [0, 0.1) is 0 Å². The smallest absolute Gasteiger partial charge is 0.340 e. The summed E-state index contributed by atoms with van der Waals surface area (Å²) in [7, 11) is 1.34. The van der Waals surface area contributed by atoms with Gasteiger partial charge in [0.05, 0.1) is 25.0 Å². The molecule has 0 fully saturated rings. The van der Waals surface area contributed by atoms with Crippen LogP contribution in [0.3, 0.4) is 0 Å². The second-order valence-corrected chi connectivity index (χ2v) is 3.30. The average Bonchev–Trinajstić information content (AvgIpc) is 2.37. The molecule has 1 rings (SSSR count). The normalized spacial score (nSPS) is 10.6. The van der Waals surface area contributed by atoms with Crippen molar-refractivity contribution in [3.8, 4) is 5.75 Å². The van der Waals surface area contributed by atoms with Crippen LogP contribution < -0.4 is 10.5 Å². The fraction of sp³-hybridized carbons (Fsp3) is 0.455. The summed E-state index contributed by atoms with van der Waals surface area (Å²) in [5, 5.41) is 0. The van der Waals surface area contributed by atoms with Crippen LogP contribution in [0.4, 0.5) is 8.78 Å². The van der Waals surface area contributed by atoms with E-state index in [9.17, 15) is 13.6 Å². The predicted octanol–water partition coefficient (Wildman–Crippen LogP) is 1.66. The van der Waals surface area contributed by atoms with Crippen LogP contribution in [-0.4, -0.2) is 24.7 Å². The molecule has 0 saturated heterocycles. The lowest BCUT2D eigenvalue weighted by Crippen LogP contribution is -2.14. The fourth-order valence-electron chi connectivity index (χ4n) is 1.41. The summed E-state index contributed by atoms with van der Waals surface area (Å²) < 4.78 is 35.3. The molecule has 0 atom stereocenters. The Bertz CT molecular complexity index is 439. The summed E-state index contributed by atoms with van der Waals surface area (Å²) in [5.41, 5.74) is 4.60. The molecule has 7 heteroatoms. The van der Waals surface area contributed by atoms with Crippen LogP contribution in [0.5, 0.6) is 5.75 Å². The molecule has 0 aliphatic rings. The lowest BCUT2D eigenvalue weighted by Gasteiger charge is -2.12. The minimum atomic E-state index is -2.89. The summed E-state index contributed by atoms with van der Waals surface area (Å²) in [6.07, 6.45) is -2.89. The first kappa shape index (κ1) is 14.3. The highest BCUT2D eigenvalue weighted by Gasteiger charge is 2.24. The van der Waals surface area contributed by atoms with Crippen LogP contribution in [0.1, 0.15) is 35.1 Å². The number of hydrogen-bond donors (Lipinski definition) is 1. The van der Waals surface area contributed by atoms with E-state index in [1.54, 1.807) is 6.92 Å². The SMILES string of the molecule is CCOC(=O)c1cc(OC)c(CN)nc1C(F)F. The van der Waals surface area contributed by atoms with Gasteiger partial charge >= 0.3 is 5.97 Å². The number of rotatable bonds is 5. The lowest BCUT2D eigenvalue weighted by atomic mass is 10.1. The number of halogens is 2. The van der Waals surface area contributed by atoms with E-state index in [1.165, 1.54) is 13.2 Å². The Labute approximate surface area is 103 Å². The maximum absolute atomic E-state index is 12.8. The van der Waals surface area contributed by atoms with Crippen molar-refractivity contribution in [1.82, 2.24) is 4.98 Å². The standard InChI is InChI=1S/C11H14F2N2O3/c1-3-18-11(16)6-4-8(17-2)7(5-14)15-9(6)10(12)13/h4,10H,3,5,14H2,1-2H3. The van der Waals surface area contributed by atoms with Gasteiger partial charge in [0.15, 0.2) is 0 Å². The monoisotopic (exact) mass is 260 g/mol. The van der Waals surface area contributed by atoms with E-state index in [0.717, 1.165) is 0 Å². The second-order valence-electron chi connectivity index (χ2n) is 3.30. The first-order chi connectivity index (χ1) is 8.54. The van der Waals surface area contributed by atoms with Gasteiger partial charge in [0, 0.05) is 6.54 Å². The highest BCUT2D eigenvalue weighted by Crippen LogP contribution is 2.27. The van der Waals surface area contributed by atoms with Crippen molar-refractivity contribution in [1.29, 1.82) is 0 Å². The lowest BCUT2D eigenvalue weighted by molar-refractivity contribution is 0.0512. The van der Waals surface area contributed by atoms with Gasteiger partial charge in [-0.15, -0.1) is 0 Å². The van der Waals surface area contributed by atoms with Crippen molar-refractivity contribution in [2.75, 3.05) is 13.7 Å². The first-order valence-electron chi connectivity index (χ1n) is 5.28. The van der Waals surface area contributed by atoms with Crippen molar-refractivity contribution in [3.05, 3.63) is 23.0 Å². The number of nitrogens with two attached hydrogens (primary N) is 1. The molecule has 0 aromatic carbocycles. The number of carbonyl (C=O) groups is 1. The first-order valence-corrected chi connectivity index (χ1v) is 5.28. The van der Waals surface area contributed by atoms with Gasteiger partial charge in [-0.1, -0.05) is 0 Å². The summed E-state index contributed by atoms with van der Waals surface area (Å²) in [4.78, 5) is 15.2. The zero-order valence-corrected chi connectivity index (χ0v) is 10.1. The van der Waals surface area contributed by atoms with Crippen LogP contribution in [0.25, 0.3) is 0 Å². The molecule has 0 spiro atoms. The van der Waals surface area contributed by atoms with Gasteiger partial charge in [-0.25, -0.2) is 18.6 Å². The van der Waals surface area contributed by atoms with E-state index in [4.69, 9.17) is 15.2 Å². The van der Waals surface area contributed by atoms with Crippen LogP contribution >= 0.6 is 0 Å². The molecule has 0 amide bonds. The maximum atomic E-state index is 12.8. The summed E-state index contributed by atoms with van der Waals surface area (Å²) in [5.74, 6) is -0.674. The van der Waals surface area contributed by atoms with Gasteiger partial charge in [0.25, 0.3) is 6.43 Å². The van der Waals surface area contributed by atoms with Gasteiger partial charge < -0.3 is 15.2 Å². The third-order valence-corrected chi connectivity index (χ3v) is 2.21. The molecular weight excluding hydrogens is 246 g/mol. The largest absolute Gasteiger partial charge is 0.495 e. The van der Waals surface area contributed by atoms with E-state index in [-0.39, 0.29) is 30.2 Å². The van der Waals surface area contributed by atoms with Crippen molar-refractivity contribution in [2.45, 2.75) is 19.9 Å². The van der Waals surface area contributed by atoms with Crippen molar-refractivity contribution < 1.29 is 23.0 Å². The third kappa shape index (κ3) is 2.92. The predicted molar refractivity (Wildman–Crippen MR) is 59.6 cm³/mol. The zero-order valence-electron chi connectivity index (χ0n) is 10.1. The zero-order chi connectivity index (χ0) is 13.7. The second kappa shape index (κ2) is 6.25. The van der Waals surface area contributed by atoms with Crippen LogP contribution in [0.15, 0.2) is 6.07 Å². The molecular formula is C11H14F2N2O3. The fourth-order valence-corrected chi connectivity index (χ4v) is 1.41. The Morgan fingerprint density at radius 3 is 2.67 bits per heavy atom. The number of esters is 1. The Kier molecular flexibility index (Phi) is 4.96. The molecule has 0 radical (unpaired) electrons. The number of alkyl halides is 2. The van der Waals surface area contributed by atoms with Crippen LogP contribution in [-0.2, 0) is 11.3 Å². The number of carbonyl (C=O) groups excluding carboxylic acids is 1. The van der Waals surface area contributed by atoms with E-state index in [2.05, 4.69) is 4.98 Å². The Balaban J connectivity index is 3.33. The highest BCUT2D eigenvalue weighted by molar-refractivity contribution is 5.91. The van der Waals surface area contributed by atoms with Gasteiger partial charge in [-0.05, 0) is 13.0 Å². The van der Waals surface area contributed by atoms with Gasteiger partial charge in [0.1, 0.15) is 11.4 Å². The van der Waals surface area contributed by atoms with Crippen molar-refractivity contribution >= 4 is 5.97 Å². The molecule has 0 bridgehead atoms. The highest BCUT2D eigenvalue weighted by atomic mass is 19.3. The van der Waals surface area contributed by atoms with E-state index < -0.39 is 18.1 Å². The number of nitrogens with zero attached hydrogens (tertiary/aromatic N) is 1. The molecule has 18 heavy (non-hydrogen) atoms. The molecule has 1 aromatic rings. The molecule has 0 aliphatic carbocycles. The Morgan fingerprint density at radius 2 is 2.22 bits per heavy atom. The topological polar surface area (TPSA) is 74.4 Å². The molecule has 1 aromatic heterocycles. The number of hydrogen-bond acceptors (Lipinski definition) is 5. The molecule has 100 valence electrons. The molecule has 2 N–H and O–H groups in total. The summed E-state index contributed by atoms with van der Waals surface area (Å²) >= 11 is 0. The van der Waals surface area contributed by atoms with Crippen LogP contribution in [0.2, 0.25) is 0 Å². The van der Waals surface area contributed by atoms with Crippen molar-refractivity contribution in [2.24, 2.45) is 5.73 Å². The summed E-state index contributed by atoms with van der Waals surface area (Å²) in [6, 6.07) is 1.18. The minimum Gasteiger partial charge on any atom is -0.495 e. The summed E-state index contributed by atoms with van der Waals surface area (Å²) in [6.45, 7) is 1.60. The number of aromatic nitrogens is 1. The molecule has 0 unspecified atom stereocenters. The molecule has 5 nitrogen and oxygen atoms in total. The van der Waals surface area contributed by atoms with E-state index >= 15 is 0 Å². The average molecular weight is 260 g/mol. The number of methoxy groups -OCH3 is 1. The quantitative estimate of drug-likeness (QED) is 0.815. The van der Waals surface area contributed by atoms with Gasteiger partial charge in [-0.3, -0.25) is 0 Å². The van der Waals surface area contributed by atoms with E-state index in [1.807, 2.05) is 0 Å². The van der Waals surface area contributed by atoms with Gasteiger partial charge in [0.2, 0.25) is 0 Å². The Morgan fingerprint density at radius 1 is 1.56 bits per heavy atom. The van der Waals surface area contributed by atoms with E-state index in [0.29, 0.717) is 0 Å². The minimum absolute atomic E-state index is 0.0635. The van der Waals surface area contributed by atoms with Crippen molar-refractivity contribution in [3.63, 3.8) is 0 Å². The van der Waals surface area contributed by atoms with Gasteiger partial charge in [-0.2, -0.15) is 0 Å². The Hall–Kier alpha value is -1.76. The molecule has 1 heterocycles. The molecule has 0 saturated carbocycles.